The van der Waals surface area contributed by atoms with Crippen LogP contribution >= 0.6 is 0 Å². The summed E-state index contributed by atoms with van der Waals surface area (Å²) in [5.74, 6) is 0.0475. The lowest BCUT2D eigenvalue weighted by Gasteiger charge is -2.60. The summed E-state index contributed by atoms with van der Waals surface area (Å²) in [5, 5.41) is 0. The summed E-state index contributed by atoms with van der Waals surface area (Å²) in [5.41, 5.74) is 3.62. The van der Waals surface area contributed by atoms with Crippen LogP contribution in [0.2, 0.25) is 0 Å². The third-order valence-electron chi connectivity index (χ3n) is 8.45. The summed E-state index contributed by atoms with van der Waals surface area (Å²) < 4.78 is 62.6. The maximum atomic E-state index is 13.1. The van der Waals surface area contributed by atoms with Gasteiger partial charge in [0.25, 0.3) is 20.2 Å². The number of hydrogen-bond donors (Lipinski definition) is 0. The lowest BCUT2D eigenvalue weighted by molar-refractivity contribution is -0.0972. The van der Waals surface area contributed by atoms with Gasteiger partial charge in [-0.25, -0.2) is 0 Å². The third kappa shape index (κ3) is 4.54. The third-order valence-corrected chi connectivity index (χ3v) is 11.1. The summed E-state index contributed by atoms with van der Waals surface area (Å²) in [6.07, 6.45) is 1.98. The van der Waals surface area contributed by atoms with E-state index in [0.29, 0.717) is 12.8 Å². The summed E-state index contributed by atoms with van der Waals surface area (Å²) in [6, 6.07) is 21.4. The fourth-order valence-corrected chi connectivity index (χ4v) is 8.11. The Morgan fingerprint density at radius 1 is 0.784 bits per heavy atom. The van der Waals surface area contributed by atoms with Crippen LogP contribution in [-0.2, 0) is 40.4 Å². The smallest absolute Gasteiger partial charge is 0.266 e. The molecule has 37 heavy (non-hydrogen) atoms. The minimum Gasteiger partial charge on any atom is -0.266 e. The van der Waals surface area contributed by atoms with E-state index in [1.54, 1.807) is 48.5 Å². The second-order valence-corrected chi connectivity index (χ2v) is 13.9. The molecule has 5 rings (SSSR count). The molecule has 3 atom stereocenters. The molecule has 0 amide bonds. The maximum Gasteiger partial charge on any atom is 0.296 e. The van der Waals surface area contributed by atoms with Gasteiger partial charge in [-0.2, -0.15) is 16.8 Å². The molecule has 0 heterocycles. The predicted molar refractivity (Wildman–Crippen MR) is 141 cm³/mol. The molecule has 8 heteroatoms. The van der Waals surface area contributed by atoms with Crippen molar-refractivity contribution in [3.05, 3.63) is 95.1 Å². The molecule has 2 aliphatic carbocycles. The Kier molecular flexibility index (Phi) is 6.59. The van der Waals surface area contributed by atoms with E-state index in [1.807, 2.05) is 26.0 Å². The van der Waals surface area contributed by atoms with Crippen LogP contribution in [0.25, 0.3) is 0 Å². The minimum absolute atomic E-state index is 0.0275. The summed E-state index contributed by atoms with van der Waals surface area (Å²) in [7, 11) is -7.81. The van der Waals surface area contributed by atoms with Gasteiger partial charge in [0.2, 0.25) is 0 Å². The van der Waals surface area contributed by atoms with Gasteiger partial charge in [-0.1, -0.05) is 66.6 Å². The molecule has 1 fully saturated rings. The Hall–Kier alpha value is -2.52. The zero-order chi connectivity index (χ0) is 26.5. The summed E-state index contributed by atoms with van der Waals surface area (Å²) in [4.78, 5) is 0.266. The average Bonchev–Trinajstić information content (AvgIpc) is 3.05. The molecule has 0 saturated heterocycles. The van der Waals surface area contributed by atoms with Gasteiger partial charge >= 0.3 is 0 Å². The van der Waals surface area contributed by atoms with Crippen LogP contribution in [0.15, 0.2) is 82.6 Å². The van der Waals surface area contributed by atoms with Gasteiger partial charge < -0.3 is 0 Å². The van der Waals surface area contributed by atoms with Crippen molar-refractivity contribution in [2.45, 2.75) is 55.2 Å². The van der Waals surface area contributed by atoms with E-state index in [4.69, 9.17) is 8.37 Å². The molecule has 2 aliphatic rings. The van der Waals surface area contributed by atoms with E-state index < -0.39 is 25.7 Å². The van der Waals surface area contributed by atoms with Crippen molar-refractivity contribution in [2.75, 3.05) is 13.2 Å². The van der Waals surface area contributed by atoms with Gasteiger partial charge in [0.15, 0.2) is 0 Å². The van der Waals surface area contributed by atoms with Crippen molar-refractivity contribution in [1.29, 1.82) is 0 Å². The van der Waals surface area contributed by atoms with Crippen LogP contribution in [0.3, 0.4) is 0 Å². The van der Waals surface area contributed by atoms with Crippen LogP contribution in [-0.4, -0.2) is 30.0 Å². The SMILES string of the molecule is Cc1ccc(S(=O)(=O)OCC[C@H]2C[C@]3(C)c4ccccc4C[C@]23COS(=O)(=O)c2ccc(C)cc2)cc1. The van der Waals surface area contributed by atoms with Crippen LogP contribution in [0.4, 0.5) is 0 Å². The van der Waals surface area contributed by atoms with E-state index >= 15 is 0 Å². The Bertz CT molecular complexity index is 1510. The van der Waals surface area contributed by atoms with Gasteiger partial charge in [0.1, 0.15) is 0 Å². The molecular formula is C29H32O6S2. The quantitative estimate of drug-likeness (QED) is 0.341. The van der Waals surface area contributed by atoms with Gasteiger partial charge in [-0.3, -0.25) is 8.37 Å². The predicted octanol–water partition coefficient (Wildman–Crippen LogP) is 5.32. The highest BCUT2D eigenvalue weighted by molar-refractivity contribution is 7.87. The zero-order valence-electron chi connectivity index (χ0n) is 21.3. The first-order chi connectivity index (χ1) is 17.5. The Morgan fingerprint density at radius 2 is 1.32 bits per heavy atom. The fraction of sp³-hybridized carbons (Fsp3) is 0.379. The van der Waals surface area contributed by atoms with Crippen molar-refractivity contribution in [3.63, 3.8) is 0 Å². The van der Waals surface area contributed by atoms with Crippen LogP contribution in [0, 0.1) is 25.2 Å². The largest absolute Gasteiger partial charge is 0.296 e. The summed E-state index contributed by atoms with van der Waals surface area (Å²) in [6.45, 7) is 6.02. The lowest BCUT2D eigenvalue weighted by Crippen LogP contribution is -2.60. The highest BCUT2D eigenvalue weighted by atomic mass is 32.2. The number of hydrogen-bond acceptors (Lipinski definition) is 6. The van der Waals surface area contributed by atoms with Crippen molar-refractivity contribution >= 4 is 20.2 Å². The van der Waals surface area contributed by atoms with Gasteiger partial charge in [0, 0.05) is 10.8 Å². The highest BCUT2D eigenvalue weighted by Crippen LogP contribution is 2.68. The van der Waals surface area contributed by atoms with Crippen LogP contribution in [0.5, 0.6) is 0 Å². The minimum atomic E-state index is -3.94. The van der Waals surface area contributed by atoms with Crippen molar-refractivity contribution < 1.29 is 25.2 Å². The molecular weight excluding hydrogens is 508 g/mol. The van der Waals surface area contributed by atoms with Crippen LogP contribution < -0.4 is 0 Å². The van der Waals surface area contributed by atoms with E-state index in [2.05, 4.69) is 19.1 Å². The molecule has 0 aromatic heterocycles. The first kappa shape index (κ1) is 26.1. The normalized spacial score (nSPS) is 24.8. The van der Waals surface area contributed by atoms with Gasteiger partial charge in [0.05, 0.1) is 23.0 Å². The van der Waals surface area contributed by atoms with E-state index in [1.165, 1.54) is 11.1 Å². The topological polar surface area (TPSA) is 86.7 Å². The molecule has 3 aromatic carbocycles. The zero-order valence-corrected chi connectivity index (χ0v) is 22.9. The average molecular weight is 541 g/mol. The van der Waals surface area contributed by atoms with Crippen LogP contribution in [0.1, 0.15) is 42.0 Å². The monoisotopic (exact) mass is 540 g/mol. The second kappa shape index (κ2) is 9.34. The number of rotatable bonds is 9. The molecule has 0 spiro atoms. The van der Waals surface area contributed by atoms with Crippen molar-refractivity contribution in [3.8, 4) is 0 Å². The van der Waals surface area contributed by atoms with E-state index in [9.17, 15) is 16.8 Å². The standard InChI is InChI=1S/C29H32O6S2/c1-21-8-12-25(13-9-21)36(30,31)34-17-16-24-19-28(3)27-7-5-4-6-23(27)18-29(24,28)20-35-37(32,33)26-14-10-22(2)11-15-26/h4-15,24H,16-20H2,1-3H3/t24-,28+,29-/m0/s1. The lowest BCUT2D eigenvalue weighted by atomic mass is 9.44. The van der Waals surface area contributed by atoms with Gasteiger partial charge in [-0.05, 0) is 74.4 Å². The molecule has 0 aliphatic heterocycles. The molecule has 0 unspecified atom stereocenters. The molecule has 0 N–H and O–H groups in total. The Labute approximate surface area is 219 Å². The summed E-state index contributed by atoms with van der Waals surface area (Å²) >= 11 is 0. The van der Waals surface area contributed by atoms with E-state index in [0.717, 1.165) is 17.5 Å². The Morgan fingerprint density at radius 3 is 1.92 bits per heavy atom. The molecule has 1 saturated carbocycles. The number of fused-ring (bicyclic) bond motifs is 3. The first-order valence-electron chi connectivity index (χ1n) is 12.5. The molecule has 0 radical (unpaired) electrons. The molecule has 6 nitrogen and oxygen atoms in total. The van der Waals surface area contributed by atoms with Crippen molar-refractivity contribution in [1.82, 2.24) is 0 Å². The molecule has 3 aromatic rings. The fourth-order valence-electron chi connectivity index (χ4n) is 6.22. The van der Waals surface area contributed by atoms with Gasteiger partial charge in [-0.15, -0.1) is 0 Å². The van der Waals surface area contributed by atoms with E-state index in [-0.39, 0.29) is 34.3 Å². The van der Waals surface area contributed by atoms with Crippen molar-refractivity contribution in [2.24, 2.45) is 11.3 Å². The number of benzene rings is 3. The maximum absolute atomic E-state index is 13.1. The molecule has 196 valence electrons. The highest BCUT2D eigenvalue weighted by Gasteiger charge is 2.67. The molecule has 0 bridgehead atoms. The second-order valence-electron chi connectivity index (χ2n) is 10.6. The Balaban J connectivity index is 1.35. The first-order valence-corrected chi connectivity index (χ1v) is 15.3. The number of aryl methyl sites for hydroxylation is 2.